The molecule has 1 fully saturated rings. The largest absolute Gasteiger partial charge is 0.352 e. The molecule has 1 amide bonds. The Labute approximate surface area is 130 Å². The summed E-state index contributed by atoms with van der Waals surface area (Å²) in [6.45, 7) is 3.26. The Morgan fingerprint density at radius 3 is 2.77 bits per heavy atom. The molecular formula is C18H21N3O. The highest BCUT2D eigenvalue weighted by atomic mass is 16.2. The van der Waals surface area contributed by atoms with Crippen LogP contribution in [0.15, 0.2) is 54.6 Å². The Kier molecular flexibility index (Phi) is 4.51. The van der Waals surface area contributed by atoms with Crippen molar-refractivity contribution in [1.82, 2.24) is 16.2 Å². The van der Waals surface area contributed by atoms with Gasteiger partial charge in [0, 0.05) is 13.1 Å². The predicted molar refractivity (Wildman–Crippen MR) is 86.8 cm³/mol. The zero-order valence-corrected chi connectivity index (χ0v) is 12.7. The highest BCUT2D eigenvalue weighted by Gasteiger charge is 2.33. The molecule has 4 heteroatoms. The third-order valence-corrected chi connectivity index (χ3v) is 4.03. The zero-order chi connectivity index (χ0) is 15.4. The van der Waals surface area contributed by atoms with E-state index in [9.17, 15) is 4.79 Å². The van der Waals surface area contributed by atoms with Gasteiger partial charge in [0.25, 0.3) is 0 Å². The normalized spacial score (nSPS) is 20.8. The minimum absolute atomic E-state index is 0.0127. The van der Waals surface area contributed by atoms with Crippen LogP contribution in [0.3, 0.4) is 0 Å². The van der Waals surface area contributed by atoms with E-state index in [1.165, 1.54) is 5.56 Å². The Morgan fingerprint density at radius 1 is 1.18 bits per heavy atom. The maximum atomic E-state index is 12.5. The van der Waals surface area contributed by atoms with Crippen LogP contribution >= 0.6 is 0 Å². The molecule has 4 nitrogen and oxygen atoms in total. The van der Waals surface area contributed by atoms with Gasteiger partial charge in [0.15, 0.2) is 0 Å². The standard InChI is InChI=1S/C18H21N3O/c1-13-6-5-7-14(10-13)11-19-18(22)16-12-20-21-17(16)15-8-3-2-4-9-15/h2-10,16-17,20-21H,11-12H2,1H3,(H,19,22). The van der Waals surface area contributed by atoms with Crippen molar-refractivity contribution < 1.29 is 4.79 Å². The number of hydrazine groups is 1. The van der Waals surface area contributed by atoms with Crippen molar-refractivity contribution in [3.05, 3.63) is 71.3 Å². The molecule has 3 N–H and O–H groups in total. The van der Waals surface area contributed by atoms with Gasteiger partial charge in [0.1, 0.15) is 0 Å². The first-order valence-electron chi connectivity index (χ1n) is 7.60. The van der Waals surface area contributed by atoms with Crippen LogP contribution in [0, 0.1) is 12.8 Å². The molecule has 1 aliphatic heterocycles. The monoisotopic (exact) mass is 295 g/mol. The van der Waals surface area contributed by atoms with Crippen LogP contribution in [-0.2, 0) is 11.3 Å². The Balaban J connectivity index is 1.64. The number of nitrogens with one attached hydrogen (secondary N) is 3. The molecule has 3 rings (SSSR count). The summed E-state index contributed by atoms with van der Waals surface area (Å²) in [5.41, 5.74) is 9.76. The predicted octanol–water partition coefficient (Wildman–Crippen LogP) is 2.08. The number of aryl methyl sites for hydroxylation is 1. The van der Waals surface area contributed by atoms with Crippen molar-refractivity contribution in [2.75, 3.05) is 6.54 Å². The summed E-state index contributed by atoms with van der Waals surface area (Å²) in [6, 6.07) is 18.3. The van der Waals surface area contributed by atoms with Crippen LogP contribution in [0.1, 0.15) is 22.7 Å². The first-order chi connectivity index (χ1) is 10.7. The molecule has 0 aromatic heterocycles. The van der Waals surface area contributed by atoms with E-state index in [1.54, 1.807) is 0 Å². The van der Waals surface area contributed by atoms with E-state index < -0.39 is 0 Å². The van der Waals surface area contributed by atoms with E-state index in [1.807, 2.05) is 42.5 Å². The first kappa shape index (κ1) is 14.8. The number of benzene rings is 2. The minimum Gasteiger partial charge on any atom is -0.352 e. The maximum absolute atomic E-state index is 12.5. The first-order valence-corrected chi connectivity index (χ1v) is 7.60. The van der Waals surface area contributed by atoms with E-state index in [-0.39, 0.29) is 17.9 Å². The SMILES string of the molecule is Cc1cccc(CNC(=O)C2CNNC2c2ccccc2)c1. The Morgan fingerprint density at radius 2 is 2.00 bits per heavy atom. The third-order valence-electron chi connectivity index (χ3n) is 4.03. The molecule has 2 aromatic rings. The second-order valence-electron chi connectivity index (χ2n) is 5.73. The van der Waals surface area contributed by atoms with Gasteiger partial charge >= 0.3 is 0 Å². The highest BCUT2D eigenvalue weighted by molar-refractivity contribution is 5.80. The molecule has 0 radical (unpaired) electrons. The Bertz CT molecular complexity index is 642. The van der Waals surface area contributed by atoms with Crippen molar-refractivity contribution in [3.8, 4) is 0 Å². The van der Waals surface area contributed by atoms with Crippen LogP contribution in [0.5, 0.6) is 0 Å². The van der Waals surface area contributed by atoms with Crippen molar-refractivity contribution in [1.29, 1.82) is 0 Å². The van der Waals surface area contributed by atoms with Crippen molar-refractivity contribution in [3.63, 3.8) is 0 Å². The van der Waals surface area contributed by atoms with Gasteiger partial charge in [0.2, 0.25) is 5.91 Å². The molecule has 0 saturated carbocycles. The van der Waals surface area contributed by atoms with Gasteiger partial charge in [-0.15, -0.1) is 0 Å². The smallest absolute Gasteiger partial charge is 0.226 e. The van der Waals surface area contributed by atoms with Gasteiger partial charge in [-0.1, -0.05) is 60.2 Å². The van der Waals surface area contributed by atoms with E-state index in [0.29, 0.717) is 13.1 Å². The van der Waals surface area contributed by atoms with Crippen LogP contribution in [0.4, 0.5) is 0 Å². The van der Waals surface area contributed by atoms with Gasteiger partial charge in [-0.05, 0) is 18.1 Å². The lowest BCUT2D eigenvalue weighted by molar-refractivity contribution is -0.125. The minimum atomic E-state index is -0.104. The molecule has 1 saturated heterocycles. The molecule has 0 bridgehead atoms. The van der Waals surface area contributed by atoms with Crippen LogP contribution in [0.25, 0.3) is 0 Å². The highest BCUT2D eigenvalue weighted by Crippen LogP contribution is 2.24. The fourth-order valence-corrected chi connectivity index (χ4v) is 2.86. The summed E-state index contributed by atoms with van der Waals surface area (Å²) in [6.07, 6.45) is 0. The summed E-state index contributed by atoms with van der Waals surface area (Å²) < 4.78 is 0. The van der Waals surface area contributed by atoms with Gasteiger partial charge in [-0.2, -0.15) is 0 Å². The van der Waals surface area contributed by atoms with E-state index >= 15 is 0 Å². The number of hydrogen-bond donors (Lipinski definition) is 3. The topological polar surface area (TPSA) is 53.2 Å². The third kappa shape index (κ3) is 3.35. The lowest BCUT2D eigenvalue weighted by Crippen LogP contribution is -2.34. The van der Waals surface area contributed by atoms with Crippen molar-refractivity contribution in [2.24, 2.45) is 5.92 Å². The molecule has 1 aliphatic rings. The number of carbonyl (C=O) groups is 1. The lowest BCUT2D eigenvalue weighted by atomic mass is 9.94. The molecule has 1 heterocycles. The Hall–Kier alpha value is -2.17. The van der Waals surface area contributed by atoms with Crippen molar-refractivity contribution >= 4 is 5.91 Å². The molecular weight excluding hydrogens is 274 g/mol. The van der Waals surface area contributed by atoms with E-state index in [2.05, 4.69) is 35.2 Å². The number of amides is 1. The van der Waals surface area contributed by atoms with Crippen LogP contribution in [-0.4, -0.2) is 12.5 Å². The van der Waals surface area contributed by atoms with Crippen LogP contribution in [0.2, 0.25) is 0 Å². The number of hydrogen-bond acceptors (Lipinski definition) is 3. The number of carbonyl (C=O) groups excluding carboxylic acids is 1. The van der Waals surface area contributed by atoms with Gasteiger partial charge in [-0.25, -0.2) is 5.43 Å². The van der Waals surface area contributed by atoms with Crippen LogP contribution < -0.4 is 16.2 Å². The average Bonchev–Trinajstić information content (AvgIpc) is 3.03. The molecule has 0 aliphatic carbocycles. The van der Waals surface area contributed by atoms with E-state index in [0.717, 1.165) is 11.1 Å². The molecule has 0 spiro atoms. The zero-order valence-electron chi connectivity index (χ0n) is 12.7. The average molecular weight is 295 g/mol. The number of rotatable bonds is 4. The summed E-state index contributed by atoms with van der Waals surface area (Å²) in [7, 11) is 0. The molecule has 114 valence electrons. The summed E-state index contributed by atoms with van der Waals surface area (Å²) in [5.74, 6) is -0.0277. The second kappa shape index (κ2) is 6.73. The summed E-state index contributed by atoms with van der Waals surface area (Å²) >= 11 is 0. The molecule has 22 heavy (non-hydrogen) atoms. The molecule has 2 unspecified atom stereocenters. The van der Waals surface area contributed by atoms with Crippen molar-refractivity contribution in [2.45, 2.75) is 19.5 Å². The van der Waals surface area contributed by atoms with Gasteiger partial charge in [0.05, 0.1) is 12.0 Å². The maximum Gasteiger partial charge on any atom is 0.226 e. The van der Waals surface area contributed by atoms with Gasteiger partial charge in [-0.3, -0.25) is 10.2 Å². The molecule has 2 atom stereocenters. The fraction of sp³-hybridized carbons (Fsp3) is 0.278. The lowest BCUT2D eigenvalue weighted by Gasteiger charge is -2.18. The summed E-state index contributed by atoms with van der Waals surface area (Å²) in [5, 5.41) is 3.05. The molecule has 2 aromatic carbocycles. The van der Waals surface area contributed by atoms with E-state index in [4.69, 9.17) is 0 Å². The van der Waals surface area contributed by atoms with Gasteiger partial charge < -0.3 is 5.32 Å². The summed E-state index contributed by atoms with van der Waals surface area (Å²) in [4.78, 5) is 12.5. The quantitative estimate of drug-likeness (QED) is 0.809. The fourth-order valence-electron chi connectivity index (χ4n) is 2.86. The second-order valence-corrected chi connectivity index (χ2v) is 5.73.